The first kappa shape index (κ1) is 10.0. The molecule has 0 atom stereocenters. The summed E-state index contributed by atoms with van der Waals surface area (Å²) >= 11 is 0. The third-order valence-electron chi connectivity index (χ3n) is 2.12. The highest BCUT2D eigenvalue weighted by molar-refractivity contribution is 5.63. The van der Waals surface area contributed by atoms with Crippen LogP contribution in [0.25, 0.3) is 5.57 Å². The van der Waals surface area contributed by atoms with E-state index < -0.39 is 0 Å². The molecule has 1 aromatic rings. The molecule has 0 radical (unpaired) electrons. The van der Waals surface area contributed by atoms with Crippen molar-refractivity contribution in [1.82, 2.24) is 0 Å². The highest BCUT2D eigenvalue weighted by Gasteiger charge is 1.93. The Morgan fingerprint density at radius 3 is 2.46 bits per heavy atom. The van der Waals surface area contributed by atoms with Gasteiger partial charge in [0.2, 0.25) is 0 Å². The van der Waals surface area contributed by atoms with Gasteiger partial charge in [-0.15, -0.1) is 0 Å². The molecule has 0 aliphatic carbocycles. The van der Waals surface area contributed by atoms with E-state index in [2.05, 4.69) is 44.2 Å². The fraction of sp³-hybridized carbons (Fsp3) is 0.333. The lowest BCUT2D eigenvalue weighted by molar-refractivity contribution is 1.01. The average Bonchev–Trinajstić information content (AvgIpc) is 2.15. The van der Waals surface area contributed by atoms with Crippen LogP contribution in [-0.2, 0) is 0 Å². The van der Waals surface area contributed by atoms with E-state index in [0.717, 1.165) is 13.0 Å². The fourth-order valence-electron chi connectivity index (χ4n) is 1.23. The second-order valence-electron chi connectivity index (χ2n) is 3.33. The van der Waals surface area contributed by atoms with Gasteiger partial charge in [0, 0.05) is 0 Å². The van der Waals surface area contributed by atoms with Crippen molar-refractivity contribution in [1.29, 1.82) is 0 Å². The SMILES string of the molecule is C/C(=C\CCN)c1ccc(C)cc1. The molecule has 0 spiro atoms. The van der Waals surface area contributed by atoms with Crippen LogP contribution in [-0.4, -0.2) is 6.54 Å². The summed E-state index contributed by atoms with van der Waals surface area (Å²) in [6.07, 6.45) is 3.14. The maximum atomic E-state index is 5.43. The Morgan fingerprint density at radius 1 is 1.31 bits per heavy atom. The van der Waals surface area contributed by atoms with Gasteiger partial charge in [0.15, 0.2) is 0 Å². The number of rotatable bonds is 3. The Labute approximate surface area is 80.3 Å². The van der Waals surface area contributed by atoms with Gasteiger partial charge < -0.3 is 5.73 Å². The van der Waals surface area contributed by atoms with Gasteiger partial charge in [-0.2, -0.15) is 0 Å². The predicted octanol–water partition coefficient (Wildman–Crippen LogP) is 2.75. The van der Waals surface area contributed by atoms with Crippen LogP contribution in [0.1, 0.15) is 24.5 Å². The predicted molar refractivity (Wildman–Crippen MR) is 58.5 cm³/mol. The first-order valence-electron chi connectivity index (χ1n) is 4.68. The van der Waals surface area contributed by atoms with E-state index in [4.69, 9.17) is 5.73 Å². The van der Waals surface area contributed by atoms with Gasteiger partial charge in [-0.1, -0.05) is 35.9 Å². The van der Waals surface area contributed by atoms with Crippen molar-refractivity contribution in [3.8, 4) is 0 Å². The molecule has 70 valence electrons. The summed E-state index contributed by atoms with van der Waals surface area (Å²) in [5.74, 6) is 0. The number of aryl methyl sites for hydroxylation is 1. The Kier molecular flexibility index (Phi) is 3.71. The van der Waals surface area contributed by atoms with Crippen LogP contribution in [0.15, 0.2) is 30.3 Å². The van der Waals surface area contributed by atoms with E-state index in [9.17, 15) is 0 Å². The van der Waals surface area contributed by atoms with E-state index in [0.29, 0.717) is 0 Å². The molecule has 0 unspecified atom stereocenters. The van der Waals surface area contributed by atoms with E-state index in [1.807, 2.05) is 0 Å². The smallest absolute Gasteiger partial charge is 0.00424 e. The monoisotopic (exact) mass is 175 g/mol. The summed E-state index contributed by atoms with van der Waals surface area (Å²) < 4.78 is 0. The molecule has 0 heterocycles. The lowest BCUT2D eigenvalue weighted by Gasteiger charge is -2.01. The maximum absolute atomic E-state index is 5.43. The van der Waals surface area contributed by atoms with Gasteiger partial charge in [0.25, 0.3) is 0 Å². The number of hydrogen-bond acceptors (Lipinski definition) is 1. The van der Waals surface area contributed by atoms with Crippen molar-refractivity contribution in [2.45, 2.75) is 20.3 Å². The lowest BCUT2D eigenvalue weighted by Crippen LogP contribution is -1.95. The van der Waals surface area contributed by atoms with Crippen LogP contribution in [0.3, 0.4) is 0 Å². The first-order chi connectivity index (χ1) is 6.24. The molecule has 0 aliphatic rings. The minimum Gasteiger partial charge on any atom is -0.330 e. The molecule has 2 N–H and O–H groups in total. The quantitative estimate of drug-likeness (QED) is 0.751. The molecule has 1 nitrogen and oxygen atoms in total. The zero-order valence-electron chi connectivity index (χ0n) is 8.38. The minimum atomic E-state index is 0.725. The summed E-state index contributed by atoms with van der Waals surface area (Å²) in [7, 11) is 0. The third kappa shape index (κ3) is 3.03. The van der Waals surface area contributed by atoms with E-state index in [1.54, 1.807) is 0 Å². The molecule has 1 rings (SSSR count). The van der Waals surface area contributed by atoms with E-state index in [1.165, 1.54) is 16.7 Å². The van der Waals surface area contributed by atoms with Crippen LogP contribution in [0, 0.1) is 6.92 Å². The van der Waals surface area contributed by atoms with Gasteiger partial charge in [-0.25, -0.2) is 0 Å². The van der Waals surface area contributed by atoms with Gasteiger partial charge in [0.1, 0.15) is 0 Å². The van der Waals surface area contributed by atoms with Crippen molar-refractivity contribution in [2.24, 2.45) is 5.73 Å². The molecule has 0 fully saturated rings. The lowest BCUT2D eigenvalue weighted by atomic mass is 10.1. The second kappa shape index (κ2) is 4.83. The van der Waals surface area contributed by atoms with Crippen molar-refractivity contribution < 1.29 is 0 Å². The molecule has 13 heavy (non-hydrogen) atoms. The second-order valence-corrected chi connectivity index (χ2v) is 3.33. The average molecular weight is 175 g/mol. The normalized spacial score (nSPS) is 11.8. The molecule has 0 bridgehead atoms. The van der Waals surface area contributed by atoms with Gasteiger partial charge >= 0.3 is 0 Å². The minimum absolute atomic E-state index is 0.725. The molecule has 0 saturated heterocycles. The summed E-state index contributed by atoms with van der Waals surface area (Å²) in [4.78, 5) is 0. The van der Waals surface area contributed by atoms with Gasteiger partial charge in [-0.05, 0) is 37.9 Å². The maximum Gasteiger partial charge on any atom is -0.00424 e. The fourth-order valence-corrected chi connectivity index (χ4v) is 1.23. The summed E-state index contributed by atoms with van der Waals surface area (Å²) in [5, 5.41) is 0. The molecule has 0 aliphatic heterocycles. The van der Waals surface area contributed by atoms with Crippen LogP contribution in [0.4, 0.5) is 0 Å². The molecule has 0 amide bonds. The summed E-state index contributed by atoms with van der Waals surface area (Å²) in [6, 6.07) is 8.57. The molecular formula is C12H17N. The van der Waals surface area contributed by atoms with Crippen LogP contribution in [0.5, 0.6) is 0 Å². The topological polar surface area (TPSA) is 26.0 Å². The highest BCUT2D eigenvalue weighted by Crippen LogP contribution is 2.14. The third-order valence-corrected chi connectivity index (χ3v) is 2.12. The van der Waals surface area contributed by atoms with Gasteiger partial charge in [-0.3, -0.25) is 0 Å². The molecule has 1 heteroatoms. The Morgan fingerprint density at radius 2 is 1.92 bits per heavy atom. The number of hydrogen-bond donors (Lipinski definition) is 1. The Balaban J connectivity index is 2.77. The Bertz CT molecular complexity index is 282. The van der Waals surface area contributed by atoms with Crippen LogP contribution < -0.4 is 5.73 Å². The summed E-state index contributed by atoms with van der Waals surface area (Å²) in [6.45, 7) is 4.95. The number of benzene rings is 1. The largest absolute Gasteiger partial charge is 0.330 e. The molecule has 1 aromatic carbocycles. The standard InChI is InChI=1S/C12H17N/c1-10-5-7-12(8-6-10)11(2)4-3-9-13/h4-8H,3,9,13H2,1-2H3/b11-4+. The van der Waals surface area contributed by atoms with Crippen molar-refractivity contribution >= 4 is 5.57 Å². The van der Waals surface area contributed by atoms with E-state index >= 15 is 0 Å². The van der Waals surface area contributed by atoms with Crippen molar-refractivity contribution in [3.63, 3.8) is 0 Å². The van der Waals surface area contributed by atoms with Crippen LogP contribution >= 0.6 is 0 Å². The number of nitrogens with two attached hydrogens (primary N) is 1. The molecule has 0 aromatic heterocycles. The molecular weight excluding hydrogens is 158 g/mol. The molecule has 0 saturated carbocycles. The van der Waals surface area contributed by atoms with E-state index in [-0.39, 0.29) is 0 Å². The summed E-state index contributed by atoms with van der Waals surface area (Å²) in [5.41, 5.74) is 9.34. The first-order valence-corrected chi connectivity index (χ1v) is 4.68. The van der Waals surface area contributed by atoms with Crippen molar-refractivity contribution in [3.05, 3.63) is 41.5 Å². The Hall–Kier alpha value is -1.08. The zero-order valence-corrected chi connectivity index (χ0v) is 8.38. The van der Waals surface area contributed by atoms with Gasteiger partial charge in [0.05, 0.1) is 0 Å². The highest BCUT2D eigenvalue weighted by atomic mass is 14.5. The van der Waals surface area contributed by atoms with Crippen molar-refractivity contribution in [2.75, 3.05) is 6.54 Å². The van der Waals surface area contributed by atoms with Crippen LogP contribution in [0.2, 0.25) is 0 Å². The number of allylic oxidation sites excluding steroid dienone is 1. The zero-order chi connectivity index (χ0) is 9.68.